The molecule has 0 spiro atoms. The highest BCUT2D eigenvalue weighted by molar-refractivity contribution is 6.05. The first-order valence-corrected chi connectivity index (χ1v) is 6.39. The van der Waals surface area contributed by atoms with Crippen molar-refractivity contribution in [2.45, 2.75) is 6.10 Å². The number of carbonyl (C=O) groups excluding carboxylic acids is 1. The summed E-state index contributed by atoms with van der Waals surface area (Å²) in [6.07, 6.45) is 0.927. The molecule has 2 rings (SSSR count). The number of aromatic nitrogens is 1. The second-order valence-electron chi connectivity index (χ2n) is 4.67. The fourth-order valence-electron chi connectivity index (χ4n) is 2.13. The Morgan fingerprint density at radius 2 is 2.15 bits per heavy atom. The first-order valence-electron chi connectivity index (χ1n) is 6.39. The van der Waals surface area contributed by atoms with Crippen LogP contribution in [-0.4, -0.2) is 54.3 Å². The number of aliphatic hydroxyl groups excluding tert-OH is 1. The Morgan fingerprint density at radius 3 is 2.90 bits per heavy atom. The molecule has 5 nitrogen and oxygen atoms in total. The summed E-state index contributed by atoms with van der Waals surface area (Å²) in [4.78, 5) is 18.2. The van der Waals surface area contributed by atoms with Gasteiger partial charge < -0.3 is 14.7 Å². The summed E-state index contributed by atoms with van der Waals surface area (Å²) >= 11 is 0. The molecule has 1 aromatic carbocycles. The topological polar surface area (TPSA) is 62.7 Å². The molecule has 0 aliphatic carbocycles. The third kappa shape index (κ3) is 3.12. The summed E-state index contributed by atoms with van der Waals surface area (Å²) in [5, 5.41) is 10.5. The van der Waals surface area contributed by atoms with E-state index in [2.05, 4.69) is 4.98 Å². The molecule has 1 N–H and O–H groups in total. The highest BCUT2D eigenvalue weighted by Crippen LogP contribution is 2.17. The largest absolute Gasteiger partial charge is 0.389 e. The van der Waals surface area contributed by atoms with E-state index < -0.39 is 6.10 Å². The zero-order chi connectivity index (χ0) is 14.5. The minimum atomic E-state index is -0.693. The number of benzene rings is 1. The normalized spacial score (nSPS) is 12.3. The van der Waals surface area contributed by atoms with E-state index in [0.29, 0.717) is 5.56 Å². The van der Waals surface area contributed by atoms with Crippen LogP contribution < -0.4 is 0 Å². The number of amides is 1. The van der Waals surface area contributed by atoms with Crippen LogP contribution in [0.15, 0.2) is 36.5 Å². The second kappa shape index (κ2) is 6.45. The number of hydrogen-bond acceptors (Lipinski definition) is 4. The zero-order valence-electron chi connectivity index (χ0n) is 11.6. The Kier molecular flexibility index (Phi) is 4.65. The van der Waals surface area contributed by atoms with Crippen LogP contribution in [0.2, 0.25) is 0 Å². The standard InChI is InChI=1S/C15H18N2O3/c1-17(9-11(18)10-20-2)15(19)13-7-8-16-14-6-4-3-5-12(13)14/h3-8,11,18H,9-10H2,1-2H3. The van der Waals surface area contributed by atoms with E-state index in [4.69, 9.17) is 4.74 Å². The Bertz CT molecular complexity index is 595. The van der Waals surface area contributed by atoms with Crippen LogP contribution >= 0.6 is 0 Å². The number of ether oxygens (including phenoxy) is 1. The van der Waals surface area contributed by atoms with Gasteiger partial charge in [0.1, 0.15) is 0 Å². The van der Waals surface area contributed by atoms with E-state index in [-0.39, 0.29) is 19.1 Å². The average Bonchev–Trinajstić information content (AvgIpc) is 2.46. The van der Waals surface area contributed by atoms with Gasteiger partial charge in [0.05, 0.1) is 23.8 Å². The minimum Gasteiger partial charge on any atom is -0.389 e. The SMILES string of the molecule is COCC(O)CN(C)C(=O)c1ccnc2ccccc12. The molecule has 5 heteroatoms. The average molecular weight is 274 g/mol. The predicted octanol–water partition coefficient (Wildman–Crippen LogP) is 1.31. The van der Waals surface area contributed by atoms with Gasteiger partial charge >= 0.3 is 0 Å². The van der Waals surface area contributed by atoms with E-state index >= 15 is 0 Å². The Morgan fingerprint density at radius 1 is 1.40 bits per heavy atom. The quantitative estimate of drug-likeness (QED) is 0.893. The maximum atomic E-state index is 12.4. The van der Waals surface area contributed by atoms with Crippen molar-refractivity contribution in [3.05, 3.63) is 42.1 Å². The van der Waals surface area contributed by atoms with Crippen molar-refractivity contribution in [3.63, 3.8) is 0 Å². The lowest BCUT2D eigenvalue weighted by molar-refractivity contribution is 0.0381. The number of methoxy groups -OCH3 is 1. The van der Waals surface area contributed by atoms with E-state index in [1.807, 2.05) is 24.3 Å². The van der Waals surface area contributed by atoms with Crippen molar-refractivity contribution < 1.29 is 14.6 Å². The van der Waals surface area contributed by atoms with Crippen LogP contribution in [0.25, 0.3) is 10.9 Å². The minimum absolute atomic E-state index is 0.140. The van der Waals surface area contributed by atoms with Crippen molar-refractivity contribution in [2.75, 3.05) is 27.3 Å². The summed E-state index contributed by atoms with van der Waals surface area (Å²) in [7, 11) is 3.18. The third-order valence-corrected chi connectivity index (χ3v) is 3.07. The van der Waals surface area contributed by atoms with Gasteiger partial charge in [0.2, 0.25) is 0 Å². The van der Waals surface area contributed by atoms with Crippen LogP contribution in [-0.2, 0) is 4.74 Å². The molecule has 1 heterocycles. The van der Waals surface area contributed by atoms with E-state index in [9.17, 15) is 9.90 Å². The number of pyridine rings is 1. The molecule has 2 aromatic rings. The van der Waals surface area contributed by atoms with Gasteiger partial charge in [-0.3, -0.25) is 9.78 Å². The molecule has 1 atom stereocenters. The number of fused-ring (bicyclic) bond motifs is 1. The van der Waals surface area contributed by atoms with Crippen molar-refractivity contribution in [1.82, 2.24) is 9.88 Å². The zero-order valence-corrected chi connectivity index (χ0v) is 11.6. The fourth-order valence-corrected chi connectivity index (χ4v) is 2.13. The second-order valence-corrected chi connectivity index (χ2v) is 4.67. The summed E-state index contributed by atoms with van der Waals surface area (Å²) in [6.45, 7) is 0.429. The van der Waals surface area contributed by atoms with E-state index in [1.165, 1.54) is 12.0 Å². The monoisotopic (exact) mass is 274 g/mol. The van der Waals surface area contributed by atoms with E-state index in [0.717, 1.165) is 10.9 Å². The molecule has 0 bridgehead atoms. The van der Waals surface area contributed by atoms with Gasteiger partial charge in [-0.1, -0.05) is 18.2 Å². The fraction of sp³-hybridized carbons (Fsp3) is 0.333. The number of rotatable bonds is 5. The Labute approximate surface area is 117 Å². The highest BCUT2D eigenvalue weighted by Gasteiger charge is 2.17. The van der Waals surface area contributed by atoms with Gasteiger partial charge in [-0.2, -0.15) is 0 Å². The maximum absolute atomic E-state index is 12.4. The third-order valence-electron chi connectivity index (χ3n) is 3.07. The van der Waals surface area contributed by atoms with Crippen LogP contribution in [0.5, 0.6) is 0 Å². The smallest absolute Gasteiger partial charge is 0.254 e. The summed E-state index contributed by atoms with van der Waals surface area (Å²) in [6, 6.07) is 9.20. The number of nitrogens with zero attached hydrogens (tertiary/aromatic N) is 2. The summed E-state index contributed by atoms with van der Waals surface area (Å²) in [5.74, 6) is -0.140. The molecular formula is C15H18N2O3. The highest BCUT2D eigenvalue weighted by atomic mass is 16.5. The maximum Gasteiger partial charge on any atom is 0.254 e. The molecule has 0 aliphatic heterocycles. The van der Waals surface area contributed by atoms with Gasteiger partial charge in [0.25, 0.3) is 5.91 Å². The number of aliphatic hydroxyl groups is 1. The molecule has 1 aromatic heterocycles. The van der Waals surface area contributed by atoms with Gasteiger partial charge in [-0.25, -0.2) is 0 Å². The van der Waals surface area contributed by atoms with Crippen LogP contribution in [0, 0.1) is 0 Å². The molecule has 0 aliphatic rings. The molecular weight excluding hydrogens is 256 g/mol. The van der Waals surface area contributed by atoms with Gasteiger partial charge in [0.15, 0.2) is 0 Å². The van der Waals surface area contributed by atoms with Crippen molar-refractivity contribution in [1.29, 1.82) is 0 Å². The number of likely N-dealkylation sites (N-methyl/N-ethyl adjacent to an activating group) is 1. The lowest BCUT2D eigenvalue weighted by atomic mass is 10.1. The van der Waals surface area contributed by atoms with E-state index in [1.54, 1.807) is 19.3 Å². The predicted molar refractivity (Wildman–Crippen MR) is 76.6 cm³/mol. The van der Waals surface area contributed by atoms with Gasteiger partial charge in [-0.05, 0) is 12.1 Å². The summed E-state index contributed by atoms with van der Waals surface area (Å²) in [5.41, 5.74) is 1.37. The Hall–Kier alpha value is -1.98. The van der Waals surface area contributed by atoms with Gasteiger partial charge in [0, 0.05) is 32.3 Å². The van der Waals surface area contributed by atoms with Gasteiger partial charge in [-0.15, -0.1) is 0 Å². The number of para-hydroxylation sites is 1. The first kappa shape index (κ1) is 14.4. The van der Waals surface area contributed by atoms with Crippen molar-refractivity contribution in [3.8, 4) is 0 Å². The van der Waals surface area contributed by atoms with Crippen LogP contribution in [0.3, 0.4) is 0 Å². The molecule has 0 fully saturated rings. The molecule has 0 saturated carbocycles. The first-order chi connectivity index (χ1) is 9.63. The molecule has 20 heavy (non-hydrogen) atoms. The van der Waals surface area contributed by atoms with Crippen LogP contribution in [0.4, 0.5) is 0 Å². The molecule has 106 valence electrons. The number of carbonyl (C=O) groups is 1. The summed E-state index contributed by atoms with van der Waals surface area (Å²) < 4.78 is 4.86. The molecule has 1 amide bonds. The number of hydrogen-bond donors (Lipinski definition) is 1. The Balaban J connectivity index is 2.23. The van der Waals surface area contributed by atoms with Crippen LogP contribution in [0.1, 0.15) is 10.4 Å². The van der Waals surface area contributed by atoms with Crippen molar-refractivity contribution in [2.24, 2.45) is 0 Å². The lowest BCUT2D eigenvalue weighted by Crippen LogP contribution is -2.36. The van der Waals surface area contributed by atoms with Crippen molar-refractivity contribution >= 4 is 16.8 Å². The lowest BCUT2D eigenvalue weighted by Gasteiger charge is -2.21. The molecule has 0 radical (unpaired) electrons. The molecule has 1 unspecified atom stereocenters. The molecule has 0 saturated heterocycles.